The minimum absolute atomic E-state index is 0.0202. The number of carbonyl (C=O) groups is 2. The van der Waals surface area contributed by atoms with Crippen LogP contribution >= 0.6 is 0 Å². The molecular formula is C22H17F3N4O3. The van der Waals surface area contributed by atoms with Crippen molar-refractivity contribution in [1.29, 1.82) is 0 Å². The molecule has 0 saturated carbocycles. The molecule has 1 N–H and O–H groups in total. The lowest BCUT2D eigenvalue weighted by Crippen LogP contribution is -2.34. The van der Waals surface area contributed by atoms with Crippen LogP contribution in [0.1, 0.15) is 21.6 Å². The molecule has 3 aromatic rings. The van der Waals surface area contributed by atoms with Gasteiger partial charge in [0.1, 0.15) is 12.2 Å². The molecule has 10 heteroatoms. The zero-order valence-corrected chi connectivity index (χ0v) is 16.6. The molecule has 2 heterocycles. The van der Waals surface area contributed by atoms with Gasteiger partial charge in [0.05, 0.1) is 5.56 Å². The van der Waals surface area contributed by atoms with Gasteiger partial charge in [0.15, 0.2) is 0 Å². The first kappa shape index (κ1) is 21.3. The van der Waals surface area contributed by atoms with Crippen LogP contribution in [0.25, 0.3) is 0 Å². The molecule has 1 aliphatic rings. The minimum atomic E-state index is -4.55. The molecule has 1 aromatic heterocycles. The zero-order valence-electron chi connectivity index (χ0n) is 16.6. The van der Waals surface area contributed by atoms with E-state index in [4.69, 9.17) is 0 Å². The van der Waals surface area contributed by atoms with Crippen molar-refractivity contribution in [2.45, 2.75) is 19.1 Å². The number of anilines is 2. The third-order valence-corrected chi connectivity index (χ3v) is 4.99. The van der Waals surface area contributed by atoms with Crippen LogP contribution < -0.4 is 15.8 Å². The topological polar surface area (TPSA) is 84.3 Å². The number of hydrogen-bond acceptors (Lipinski definition) is 4. The Morgan fingerprint density at radius 2 is 1.81 bits per heavy atom. The van der Waals surface area contributed by atoms with Crippen molar-refractivity contribution < 1.29 is 22.8 Å². The highest BCUT2D eigenvalue weighted by Crippen LogP contribution is 2.31. The Kier molecular flexibility index (Phi) is 5.52. The third-order valence-electron chi connectivity index (χ3n) is 4.99. The number of fused-ring (bicyclic) bond motifs is 1. The van der Waals surface area contributed by atoms with E-state index in [1.54, 1.807) is 4.90 Å². The lowest BCUT2D eigenvalue weighted by molar-refractivity contribution is -0.137. The van der Waals surface area contributed by atoms with Crippen molar-refractivity contribution in [3.63, 3.8) is 0 Å². The second-order valence-corrected chi connectivity index (χ2v) is 7.18. The number of nitrogens with zero attached hydrogens (tertiary/aromatic N) is 3. The summed E-state index contributed by atoms with van der Waals surface area (Å²) in [7, 11) is 0. The largest absolute Gasteiger partial charge is 0.416 e. The fourth-order valence-corrected chi connectivity index (χ4v) is 3.47. The Morgan fingerprint density at radius 3 is 2.59 bits per heavy atom. The lowest BCUT2D eigenvalue weighted by atomic mass is 10.2. The molecule has 0 bridgehead atoms. The van der Waals surface area contributed by atoms with Crippen LogP contribution in [0.5, 0.6) is 0 Å². The number of benzene rings is 2. The number of para-hydroxylation sites is 1. The van der Waals surface area contributed by atoms with Crippen LogP contribution in [0.2, 0.25) is 0 Å². The number of halogens is 3. The van der Waals surface area contributed by atoms with Crippen molar-refractivity contribution >= 4 is 23.2 Å². The molecule has 2 amide bonds. The maximum atomic E-state index is 12.9. The molecule has 32 heavy (non-hydrogen) atoms. The number of nitrogens with one attached hydrogen (secondary N) is 1. The second kappa shape index (κ2) is 8.29. The molecule has 4 rings (SSSR count). The zero-order chi connectivity index (χ0) is 22.9. The summed E-state index contributed by atoms with van der Waals surface area (Å²) in [5, 5.41) is 6.31. The molecule has 0 fully saturated rings. The van der Waals surface area contributed by atoms with Crippen LogP contribution in [-0.2, 0) is 23.9 Å². The van der Waals surface area contributed by atoms with Gasteiger partial charge in [-0.2, -0.15) is 18.3 Å². The summed E-state index contributed by atoms with van der Waals surface area (Å²) in [5.74, 6) is -1.17. The first-order valence-electron chi connectivity index (χ1n) is 9.67. The van der Waals surface area contributed by atoms with E-state index in [0.717, 1.165) is 40.2 Å². The van der Waals surface area contributed by atoms with Gasteiger partial charge in [0.25, 0.3) is 11.5 Å². The van der Waals surface area contributed by atoms with Crippen molar-refractivity contribution in [2.75, 3.05) is 16.8 Å². The van der Waals surface area contributed by atoms with Gasteiger partial charge in [-0.15, -0.1) is 0 Å². The molecule has 7 nitrogen and oxygen atoms in total. The number of aromatic nitrogens is 2. The molecule has 164 valence electrons. The molecule has 2 aromatic carbocycles. The summed E-state index contributed by atoms with van der Waals surface area (Å²) in [6, 6.07) is 14.0. The number of hydrogen-bond donors (Lipinski definition) is 1. The van der Waals surface area contributed by atoms with Crippen molar-refractivity contribution in [2.24, 2.45) is 0 Å². The SMILES string of the molecule is O=C(Cn1nc(C(=O)N2CCc3ccccc32)ccc1=O)Nc1cccc(C(F)(F)F)c1. The van der Waals surface area contributed by atoms with Crippen molar-refractivity contribution in [3.8, 4) is 0 Å². The molecule has 0 atom stereocenters. The number of amides is 2. The molecular weight excluding hydrogens is 425 g/mol. The molecule has 0 saturated heterocycles. The van der Waals surface area contributed by atoms with Gasteiger partial charge >= 0.3 is 6.18 Å². The van der Waals surface area contributed by atoms with E-state index in [1.165, 1.54) is 12.1 Å². The van der Waals surface area contributed by atoms with Gasteiger partial charge in [-0.25, -0.2) is 4.68 Å². The summed E-state index contributed by atoms with van der Waals surface area (Å²) in [4.78, 5) is 38.9. The van der Waals surface area contributed by atoms with E-state index in [2.05, 4.69) is 10.4 Å². The molecule has 1 aliphatic heterocycles. The molecule has 0 radical (unpaired) electrons. The molecule has 0 spiro atoms. The minimum Gasteiger partial charge on any atom is -0.324 e. The number of carbonyl (C=O) groups excluding carboxylic acids is 2. The second-order valence-electron chi connectivity index (χ2n) is 7.18. The van der Waals surface area contributed by atoms with Gasteiger partial charge in [-0.1, -0.05) is 24.3 Å². The Bertz CT molecular complexity index is 1250. The van der Waals surface area contributed by atoms with Gasteiger partial charge < -0.3 is 10.2 Å². The fourth-order valence-electron chi connectivity index (χ4n) is 3.47. The Morgan fingerprint density at radius 1 is 1.03 bits per heavy atom. The van der Waals surface area contributed by atoms with Crippen LogP contribution in [0.3, 0.4) is 0 Å². The predicted molar refractivity (Wildman–Crippen MR) is 110 cm³/mol. The maximum Gasteiger partial charge on any atom is 0.416 e. The normalized spacial score (nSPS) is 13.0. The van der Waals surface area contributed by atoms with Gasteiger partial charge in [-0.3, -0.25) is 14.4 Å². The van der Waals surface area contributed by atoms with Crippen LogP contribution in [0.15, 0.2) is 65.5 Å². The fraction of sp³-hybridized carbons (Fsp3) is 0.182. The van der Waals surface area contributed by atoms with E-state index in [-0.39, 0.29) is 11.4 Å². The predicted octanol–water partition coefficient (Wildman–Crippen LogP) is 3.10. The Balaban J connectivity index is 1.51. The van der Waals surface area contributed by atoms with E-state index in [1.807, 2.05) is 24.3 Å². The maximum absolute atomic E-state index is 12.9. The average molecular weight is 442 g/mol. The van der Waals surface area contributed by atoms with Crippen LogP contribution in [0.4, 0.5) is 24.5 Å². The number of rotatable bonds is 4. The van der Waals surface area contributed by atoms with Gasteiger partial charge in [0, 0.05) is 24.0 Å². The van der Waals surface area contributed by atoms with E-state index in [0.29, 0.717) is 13.0 Å². The highest BCUT2D eigenvalue weighted by Gasteiger charge is 2.30. The first-order chi connectivity index (χ1) is 15.2. The lowest BCUT2D eigenvalue weighted by Gasteiger charge is -2.17. The summed E-state index contributed by atoms with van der Waals surface area (Å²) in [6.07, 6.45) is -3.86. The number of alkyl halides is 3. The first-order valence-corrected chi connectivity index (χ1v) is 9.67. The van der Waals surface area contributed by atoms with E-state index < -0.39 is 35.7 Å². The summed E-state index contributed by atoms with van der Waals surface area (Å²) in [6.45, 7) is -0.0954. The highest BCUT2D eigenvalue weighted by atomic mass is 19.4. The summed E-state index contributed by atoms with van der Waals surface area (Å²) in [5.41, 5.74) is 0.160. The quantitative estimate of drug-likeness (QED) is 0.673. The average Bonchev–Trinajstić information content (AvgIpc) is 3.18. The molecule has 0 unspecified atom stereocenters. The monoisotopic (exact) mass is 442 g/mol. The highest BCUT2D eigenvalue weighted by molar-refractivity contribution is 6.06. The smallest absolute Gasteiger partial charge is 0.324 e. The van der Waals surface area contributed by atoms with E-state index >= 15 is 0 Å². The standard InChI is InChI=1S/C22H17F3N4O3/c23-22(24,25)15-5-3-6-16(12-15)26-19(30)13-29-20(31)9-8-17(27-29)21(32)28-11-10-14-4-1-2-7-18(14)28/h1-9,12H,10-11,13H2,(H,26,30). The Hall–Kier alpha value is -3.95. The summed E-state index contributed by atoms with van der Waals surface area (Å²) >= 11 is 0. The third kappa shape index (κ3) is 4.39. The van der Waals surface area contributed by atoms with E-state index in [9.17, 15) is 27.6 Å². The van der Waals surface area contributed by atoms with Crippen molar-refractivity contribution in [3.05, 3.63) is 87.8 Å². The van der Waals surface area contributed by atoms with Gasteiger partial charge in [-0.05, 0) is 42.3 Å². The van der Waals surface area contributed by atoms with Crippen LogP contribution in [-0.4, -0.2) is 28.1 Å². The Labute approximate surface area is 180 Å². The van der Waals surface area contributed by atoms with Crippen LogP contribution in [0, 0.1) is 0 Å². The van der Waals surface area contributed by atoms with Gasteiger partial charge in [0.2, 0.25) is 5.91 Å². The molecule has 0 aliphatic carbocycles. The summed E-state index contributed by atoms with van der Waals surface area (Å²) < 4.78 is 39.3. The van der Waals surface area contributed by atoms with Crippen molar-refractivity contribution in [1.82, 2.24) is 9.78 Å².